The quantitative estimate of drug-likeness (QED) is 0.221. The highest BCUT2D eigenvalue weighted by atomic mass is 32.1. The number of rotatable bonds is 7. The second-order valence-corrected chi connectivity index (χ2v) is 8.98. The summed E-state index contributed by atoms with van der Waals surface area (Å²) in [5, 5.41) is 2.91. The first-order valence-corrected chi connectivity index (χ1v) is 11.4. The fraction of sp³-hybridized carbons (Fsp3) is 0.192. The van der Waals surface area contributed by atoms with Gasteiger partial charge in [0.15, 0.2) is 0 Å². The van der Waals surface area contributed by atoms with Crippen LogP contribution in [0.1, 0.15) is 26.4 Å². The van der Waals surface area contributed by atoms with Gasteiger partial charge in [0.05, 0.1) is 12.2 Å². The molecule has 1 amide bonds. The molecule has 1 N–H and O–H groups in total. The number of carbonyl (C=O) groups is 1. The standard InChI is InChI=1S/C26H20F5NO2S/c1-34-9-8-32-25(33)17-12-16(13-19(27)14-17)20-6-3-7-21-23(28)22(35-24(20)21)11-15-4-2-5-18(10-15)26(29,30)31/h2-7,10,12-14H,8-9,11H2,1H3,(H,32,33). The number of hydrogen-bond donors (Lipinski definition) is 1. The van der Waals surface area contributed by atoms with Gasteiger partial charge in [-0.1, -0.05) is 36.4 Å². The molecule has 0 fully saturated rings. The average Bonchev–Trinajstić information content (AvgIpc) is 3.13. The molecular formula is C26H20F5NO2S. The van der Waals surface area contributed by atoms with Gasteiger partial charge < -0.3 is 10.1 Å². The summed E-state index contributed by atoms with van der Waals surface area (Å²) in [6.45, 7) is 0.558. The first-order valence-electron chi connectivity index (χ1n) is 10.6. The molecule has 1 heterocycles. The minimum absolute atomic E-state index is 0.0230. The number of halogens is 5. The average molecular weight is 506 g/mol. The molecule has 4 rings (SSSR count). The van der Waals surface area contributed by atoms with Crippen molar-refractivity contribution in [2.45, 2.75) is 12.6 Å². The molecular weight excluding hydrogens is 485 g/mol. The highest BCUT2D eigenvalue weighted by Gasteiger charge is 2.30. The summed E-state index contributed by atoms with van der Waals surface area (Å²) in [5.74, 6) is -1.63. The van der Waals surface area contributed by atoms with Gasteiger partial charge in [0.2, 0.25) is 0 Å². The molecule has 4 aromatic rings. The van der Waals surface area contributed by atoms with Crippen molar-refractivity contribution in [3.8, 4) is 11.1 Å². The Hall–Kier alpha value is -3.30. The minimum Gasteiger partial charge on any atom is -0.383 e. The van der Waals surface area contributed by atoms with Gasteiger partial charge in [-0.15, -0.1) is 11.3 Å². The van der Waals surface area contributed by atoms with Crippen LogP contribution in [0.25, 0.3) is 21.2 Å². The number of amides is 1. The van der Waals surface area contributed by atoms with E-state index < -0.39 is 29.3 Å². The van der Waals surface area contributed by atoms with E-state index >= 15 is 4.39 Å². The summed E-state index contributed by atoms with van der Waals surface area (Å²) >= 11 is 1.09. The lowest BCUT2D eigenvalue weighted by Gasteiger charge is -2.09. The van der Waals surface area contributed by atoms with Crippen LogP contribution < -0.4 is 5.32 Å². The van der Waals surface area contributed by atoms with Crippen LogP contribution >= 0.6 is 11.3 Å². The SMILES string of the molecule is COCCNC(=O)c1cc(F)cc(-c2cccc3c(F)c(Cc4cccc(C(F)(F)F)c4)sc23)c1. The molecule has 1 aromatic heterocycles. The Kier molecular flexibility index (Phi) is 7.18. The van der Waals surface area contributed by atoms with Crippen LogP contribution in [0.2, 0.25) is 0 Å². The molecule has 0 aliphatic heterocycles. The van der Waals surface area contributed by atoms with Crippen LogP contribution in [0.4, 0.5) is 22.0 Å². The smallest absolute Gasteiger partial charge is 0.383 e. The molecule has 182 valence electrons. The summed E-state index contributed by atoms with van der Waals surface area (Å²) in [5.41, 5.74) is 0.543. The van der Waals surface area contributed by atoms with Gasteiger partial charge in [-0.05, 0) is 41.0 Å². The minimum atomic E-state index is -4.49. The maximum absolute atomic E-state index is 15.2. The van der Waals surface area contributed by atoms with Crippen molar-refractivity contribution in [2.75, 3.05) is 20.3 Å². The van der Waals surface area contributed by atoms with E-state index in [9.17, 15) is 22.4 Å². The number of hydrogen-bond acceptors (Lipinski definition) is 3. The number of methoxy groups -OCH3 is 1. The normalized spacial score (nSPS) is 11.7. The van der Waals surface area contributed by atoms with Crippen molar-refractivity contribution in [1.29, 1.82) is 0 Å². The molecule has 0 saturated carbocycles. The first kappa shape index (κ1) is 24.8. The van der Waals surface area contributed by atoms with Gasteiger partial charge in [-0.3, -0.25) is 4.79 Å². The van der Waals surface area contributed by atoms with Gasteiger partial charge in [0.1, 0.15) is 11.6 Å². The number of ether oxygens (including phenoxy) is 1. The first-order chi connectivity index (χ1) is 16.7. The second kappa shape index (κ2) is 10.1. The van der Waals surface area contributed by atoms with Crippen LogP contribution in [0.3, 0.4) is 0 Å². The highest BCUT2D eigenvalue weighted by molar-refractivity contribution is 7.19. The summed E-state index contributed by atoms with van der Waals surface area (Å²) in [6.07, 6.45) is -4.52. The highest BCUT2D eigenvalue weighted by Crippen LogP contribution is 2.39. The lowest BCUT2D eigenvalue weighted by Crippen LogP contribution is -2.27. The predicted octanol–water partition coefficient (Wildman–Crippen LogP) is 6.83. The third-order valence-corrected chi connectivity index (χ3v) is 6.62. The number of fused-ring (bicyclic) bond motifs is 1. The second-order valence-electron chi connectivity index (χ2n) is 7.87. The summed E-state index contributed by atoms with van der Waals surface area (Å²) in [7, 11) is 1.49. The van der Waals surface area contributed by atoms with E-state index in [1.807, 2.05) is 0 Å². The molecule has 0 saturated heterocycles. The molecule has 0 atom stereocenters. The van der Waals surface area contributed by atoms with E-state index in [-0.39, 0.29) is 28.8 Å². The maximum atomic E-state index is 15.2. The zero-order chi connectivity index (χ0) is 25.2. The molecule has 0 aliphatic rings. The van der Waals surface area contributed by atoms with E-state index in [2.05, 4.69) is 5.32 Å². The van der Waals surface area contributed by atoms with E-state index in [4.69, 9.17) is 4.74 Å². The number of nitrogens with one attached hydrogen (secondary N) is 1. The Morgan fingerprint density at radius 1 is 1.03 bits per heavy atom. The van der Waals surface area contributed by atoms with Crippen molar-refractivity contribution in [3.63, 3.8) is 0 Å². The van der Waals surface area contributed by atoms with Gasteiger partial charge in [0.25, 0.3) is 5.91 Å². The number of carbonyl (C=O) groups excluding carboxylic acids is 1. The molecule has 3 nitrogen and oxygen atoms in total. The zero-order valence-corrected chi connectivity index (χ0v) is 19.3. The predicted molar refractivity (Wildman–Crippen MR) is 126 cm³/mol. The zero-order valence-electron chi connectivity index (χ0n) is 18.5. The van der Waals surface area contributed by atoms with Crippen molar-refractivity contribution in [3.05, 3.63) is 93.9 Å². The monoisotopic (exact) mass is 505 g/mol. The van der Waals surface area contributed by atoms with Gasteiger partial charge >= 0.3 is 6.18 Å². The van der Waals surface area contributed by atoms with Crippen LogP contribution in [0.15, 0.2) is 60.7 Å². The molecule has 3 aromatic carbocycles. The number of thiophene rings is 1. The molecule has 0 radical (unpaired) electrons. The summed E-state index contributed by atoms with van der Waals surface area (Å²) in [6, 6.07) is 13.5. The lowest BCUT2D eigenvalue weighted by molar-refractivity contribution is -0.137. The van der Waals surface area contributed by atoms with E-state index in [1.54, 1.807) is 18.2 Å². The van der Waals surface area contributed by atoms with E-state index in [0.717, 1.165) is 29.5 Å². The summed E-state index contributed by atoms with van der Waals surface area (Å²) in [4.78, 5) is 12.7. The van der Waals surface area contributed by atoms with Gasteiger partial charge in [-0.2, -0.15) is 13.2 Å². The maximum Gasteiger partial charge on any atom is 0.416 e. The third-order valence-electron chi connectivity index (χ3n) is 5.40. The van der Waals surface area contributed by atoms with Crippen LogP contribution in [0, 0.1) is 11.6 Å². The fourth-order valence-corrected chi connectivity index (χ4v) is 5.02. The van der Waals surface area contributed by atoms with Gasteiger partial charge in [0, 0.05) is 40.6 Å². The van der Waals surface area contributed by atoms with E-state index in [0.29, 0.717) is 28.0 Å². The lowest BCUT2D eigenvalue weighted by atomic mass is 10.0. The summed E-state index contributed by atoms with van der Waals surface area (Å²) < 4.78 is 74.3. The van der Waals surface area contributed by atoms with Crippen LogP contribution in [0.5, 0.6) is 0 Å². The Morgan fingerprint density at radius 2 is 1.80 bits per heavy atom. The molecule has 0 spiro atoms. The van der Waals surface area contributed by atoms with Crippen LogP contribution in [-0.4, -0.2) is 26.2 Å². The molecule has 0 bridgehead atoms. The number of benzene rings is 3. The Balaban J connectivity index is 1.71. The van der Waals surface area contributed by atoms with Gasteiger partial charge in [-0.25, -0.2) is 8.78 Å². The van der Waals surface area contributed by atoms with Crippen molar-refractivity contribution >= 4 is 27.3 Å². The Labute approximate surface area is 202 Å². The van der Waals surface area contributed by atoms with Crippen molar-refractivity contribution in [1.82, 2.24) is 5.32 Å². The number of alkyl halides is 3. The Bertz CT molecular complexity index is 1380. The molecule has 35 heavy (non-hydrogen) atoms. The van der Waals surface area contributed by atoms with Crippen molar-refractivity contribution < 1.29 is 31.5 Å². The topological polar surface area (TPSA) is 38.3 Å². The Morgan fingerprint density at radius 3 is 2.54 bits per heavy atom. The van der Waals surface area contributed by atoms with E-state index in [1.165, 1.54) is 31.4 Å². The van der Waals surface area contributed by atoms with Crippen LogP contribution in [-0.2, 0) is 17.3 Å². The third kappa shape index (κ3) is 5.52. The van der Waals surface area contributed by atoms with Crippen molar-refractivity contribution in [2.24, 2.45) is 0 Å². The molecule has 9 heteroatoms. The largest absolute Gasteiger partial charge is 0.416 e. The molecule has 0 unspecified atom stereocenters. The molecule has 0 aliphatic carbocycles. The fourth-order valence-electron chi connectivity index (χ4n) is 3.77.